The summed E-state index contributed by atoms with van der Waals surface area (Å²) in [6.45, 7) is 0.910. The maximum absolute atomic E-state index is 11.7. The van der Waals surface area contributed by atoms with Crippen molar-refractivity contribution in [2.75, 3.05) is 27.2 Å². The van der Waals surface area contributed by atoms with Gasteiger partial charge in [0.1, 0.15) is 4.90 Å². The number of likely N-dealkylation sites (N-methyl/N-ethyl adjacent to an activating group) is 1. The number of aromatic nitrogens is 1. The Bertz CT molecular complexity index is 416. The van der Waals surface area contributed by atoms with Gasteiger partial charge < -0.3 is 10.1 Å². The summed E-state index contributed by atoms with van der Waals surface area (Å²) in [6.07, 6.45) is 1.26. The van der Waals surface area contributed by atoms with Gasteiger partial charge in [0.05, 0.1) is 13.3 Å². The quantitative estimate of drug-likeness (QED) is 0.666. The summed E-state index contributed by atoms with van der Waals surface area (Å²) >= 11 is 0. The molecule has 1 aromatic rings. The summed E-state index contributed by atoms with van der Waals surface area (Å²) < 4.78 is 30.7. The topological polar surface area (TPSA) is 80.3 Å². The highest BCUT2D eigenvalue weighted by molar-refractivity contribution is 7.89. The standard InChI is InChI=1S/C9H15N3O3S/c1-10-5-6-12-16(13,14)8-3-4-9(15-2)11-7-8/h3-4,7,10,12H,5-6H2,1-2H3. The fourth-order valence-corrected chi connectivity index (χ4v) is 2.02. The summed E-state index contributed by atoms with van der Waals surface area (Å²) in [5, 5.41) is 2.85. The predicted octanol–water partition coefficient (Wildman–Crippen LogP) is -0.412. The summed E-state index contributed by atoms with van der Waals surface area (Å²) in [7, 11) is -0.238. The fourth-order valence-electron chi connectivity index (χ4n) is 1.04. The molecule has 0 spiro atoms. The molecule has 0 unspecified atom stereocenters. The number of sulfonamides is 1. The third-order valence-electron chi connectivity index (χ3n) is 1.90. The maximum atomic E-state index is 11.7. The Morgan fingerprint density at radius 1 is 1.38 bits per heavy atom. The Labute approximate surface area is 95.1 Å². The van der Waals surface area contributed by atoms with Crippen molar-refractivity contribution in [1.82, 2.24) is 15.0 Å². The number of rotatable bonds is 6. The Morgan fingerprint density at radius 3 is 2.62 bits per heavy atom. The van der Waals surface area contributed by atoms with Crippen LogP contribution in [0.3, 0.4) is 0 Å². The van der Waals surface area contributed by atoms with Crippen LogP contribution in [0.1, 0.15) is 0 Å². The van der Waals surface area contributed by atoms with Gasteiger partial charge in [0, 0.05) is 19.2 Å². The van der Waals surface area contributed by atoms with Crippen LogP contribution in [0, 0.1) is 0 Å². The second kappa shape index (κ2) is 5.78. The van der Waals surface area contributed by atoms with Crippen molar-refractivity contribution >= 4 is 10.0 Å². The van der Waals surface area contributed by atoms with E-state index in [4.69, 9.17) is 4.74 Å². The Morgan fingerprint density at radius 2 is 2.12 bits per heavy atom. The molecule has 0 amide bonds. The van der Waals surface area contributed by atoms with Crippen LogP contribution in [0.4, 0.5) is 0 Å². The van der Waals surface area contributed by atoms with Crippen LogP contribution in [0.15, 0.2) is 23.2 Å². The van der Waals surface area contributed by atoms with E-state index in [2.05, 4.69) is 15.0 Å². The number of nitrogens with one attached hydrogen (secondary N) is 2. The molecular weight excluding hydrogens is 230 g/mol. The molecule has 2 N–H and O–H groups in total. The van der Waals surface area contributed by atoms with Gasteiger partial charge in [-0.25, -0.2) is 18.1 Å². The van der Waals surface area contributed by atoms with Gasteiger partial charge in [-0.1, -0.05) is 0 Å². The molecule has 0 saturated carbocycles. The van der Waals surface area contributed by atoms with Gasteiger partial charge in [-0.2, -0.15) is 0 Å². The van der Waals surface area contributed by atoms with Crippen molar-refractivity contribution in [2.24, 2.45) is 0 Å². The normalized spacial score (nSPS) is 11.4. The number of hydrogen-bond donors (Lipinski definition) is 2. The predicted molar refractivity (Wildman–Crippen MR) is 59.9 cm³/mol. The molecule has 0 aliphatic carbocycles. The average Bonchev–Trinajstić information content (AvgIpc) is 2.29. The van der Waals surface area contributed by atoms with E-state index < -0.39 is 10.0 Å². The van der Waals surface area contributed by atoms with Gasteiger partial charge in [-0.15, -0.1) is 0 Å². The van der Waals surface area contributed by atoms with Gasteiger partial charge in [-0.3, -0.25) is 0 Å². The Kier molecular flexibility index (Phi) is 4.66. The molecule has 0 aliphatic heterocycles. The van der Waals surface area contributed by atoms with E-state index in [-0.39, 0.29) is 4.90 Å². The molecule has 1 rings (SSSR count). The first kappa shape index (κ1) is 12.9. The minimum absolute atomic E-state index is 0.129. The molecule has 0 bridgehead atoms. The average molecular weight is 245 g/mol. The Hall–Kier alpha value is -1.18. The van der Waals surface area contributed by atoms with Crippen LogP contribution in [-0.4, -0.2) is 40.6 Å². The largest absolute Gasteiger partial charge is 0.481 e. The van der Waals surface area contributed by atoms with Crippen molar-refractivity contribution < 1.29 is 13.2 Å². The number of methoxy groups -OCH3 is 1. The molecule has 1 aromatic heterocycles. The van der Waals surface area contributed by atoms with Crippen molar-refractivity contribution in [3.8, 4) is 5.88 Å². The summed E-state index contributed by atoms with van der Waals surface area (Å²) in [4.78, 5) is 3.96. The van der Waals surface area contributed by atoms with Crippen LogP contribution >= 0.6 is 0 Å². The number of hydrogen-bond acceptors (Lipinski definition) is 5. The smallest absolute Gasteiger partial charge is 0.242 e. The van der Waals surface area contributed by atoms with Crippen LogP contribution in [-0.2, 0) is 10.0 Å². The molecular formula is C9H15N3O3S. The van der Waals surface area contributed by atoms with E-state index in [0.29, 0.717) is 19.0 Å². The van der Waals surface area contributed by atoms with E-state index in [0.717, 1.165) is 0 Å². The fraction of sp³-hybridized carbons (Fsp3) is 0.444. The molecule has 1 heterocycles. The SMILES string of the molecule is CNCCNS(=O)(=O)c1ccc(OC)nc1. The molecule has 0 saturated heterocycles. The number of ether oxygens (including phenoxy) is 1. The minimum Gasteiger partial charge on any atom is -0.481 e. The van der Waals surface area contributed by atoms with E-state index in [1.165, 1.54) is 25.4 Å². The zero-order valence-corrected chi connectivity index (χ0v) is 10.0. The van der Waals surface area contributed by atoms with Gasteiger partial charge in [0.15, 0.2) is 0 Å². The van der Waals surface area contributed by atoms with E-state index in [1.54, 1.807) is 7.05 Å². The monoisotopic (exact) mass is 245 g/mol. The van der Waals surface area contributed by atoms with Crippen LogP contribution < -0.4 is 14.8 Å². The summed E-state index contributed by atoms with van der Waals surface area (Å²) in [5.41, 5.74) is 0. The third kappa shape index (κ3) is 3.44. The lowest BCUT2D eigenvalue weighted by atomic mass is 10.5. The zero-order valence-electron chi connectivity index (χ0n) is 9.23. The van der Waals surface area contributed by atoms with E-state index >= 15 is 0 Å². The molecule has 0 aromatic carbocycles. The van der Waals surface area contributed by atoms with Crippen LogP contribution in [0.25, 0.3) is 0 Å². The van der Waals surface area contributed by atoms with Crippen LogP contribution in [0.5, 0.6) is 5.88 Å². The maximum Gasteiger partial charge on any atom is 0.242 e. The summed E-state index contributed by atoms with van der Waals surface area (Å²) in [5.74, 6) is 0.383. The zero-order chi connectivity index (χ0) is 12.0. The highest BCUT2D eigenvalue weighted by Crippen LogP contribution is 2.11. The molecule has 0 fully saturated rings. The molecule has 6 nitrogen and oxygen atoms in total. The molecule has 7 heteroatoms. The van der Waals surface area contributed by atoms with Gasteiger partial charge in [0.2, 0.25) is 15.9 Å². The second-order valence-corrected chi connectivity index (χ2v) is 4.80. The summed E-state index contributed by atoms with van der Waals surface area (Å²) in [6, 6.07) is 2.96. The number of pyridine rings is 1. The van der Waals surface area contributed by atoms with E-state index in [9.17, 15) is 8.42 Å². The van der Waals surface area contributed by atoms with Gasteiger partial charge >= 0.3 is 0 Å². The van der Waals surface area contributed by atoms with Crippen molar-refractivity contribution in [1.29, 1.82) is 0 Å². The first-order valence-electron chi connectivity index (χ1n) is 4.74. The highest BCUT2D eigenvalue weighted by Gasteiger charge is 2.13. The Balaban J connectivity index is 2.74. The van der Waals surface area contributed by atoms with Crippen molar-refractivity contribution in [3.63, 3.8) is 0 Å². The van der Waals surface area contributed by atoms with Gasteiger partial charge in [-0.05, 0) is 13.1 Å². The molecule has 90 valence electrons. The first-order valence-corrected chi connectivity index (χ1v) is 6.23. The lowest BCUT2D eigenvalue weighted by Gasteiger charge is -2.06. The second-order valence-electron chi connectivity index (χ2n) is 3.04. The molecule has 0 atom stereocenters. The van der Waals surface area contributed by atoms with Gasteiger partial charge in [0.25, 0.3) is 0 Å². The van der Waals surface area contributed by atoms with Crippen molar-refractivity contribution in [2.45, 2.75) is 4.90 Å². The lowest BCUT2D eigenvalue weighted by molar-refractivity contribution is 0.397. The third-order valence-corrected chi connectivity index (χ3v) is 3.34. The van der Waals surface area contributed by atoms with E-state index in [1.807, 2.05) is 0 Å². The van der Waals surface area contributed by atoms with Crippen molar-refractivity contribution in [3.05, 3.63) is 18.3 Å². The lowest BCUT2D eigenvalue weighted by Crippen LogP contribution is -2.30. The minimum atomic E-state index is -3.47. The molecule has 0 radical (unpaired) electrons. The highest BCUT2D eigenvalue weighted by atomic mass is 32.2. The first-order chi connectivity index (χ1) is 7.60. The molecule has 16 heavy (non-hydrogen) atoms. The number of nitrogens with zero attached hydrogens (tertiary/aromatic N) is 1. The molecule has 0 aliphatic rings. The van der Waals surface area contributed by atoms with Crippen LogP contribution in [0.2, 0.25) is 0 Å².